The van der Waals surface area contributed by atoms with Crippen LogP contribution in [0.5, 0.6) is 0 Å². The monoisotopic (exact) mass is 396 g/mol. The lowest BCUT2D eigenvalue weighted by atomic mass is 10.1. The van der Waals surface area contributed by atoms with Crippen LogP contribution >= 0.6 is 54.8 Å². The van der Waals surface area contributed by atoms with E-state index in [9.17, 15) is 4.39 Å². The molecule has 0 nitrogen and oxygen atoms in total. The molecule has 0 aliphatic rings. The lowest BCUT2D eigenvalue weighted by molar-refractivity contribution is 0.626. The molecule has 0 saturated heterocycles. The molecule has 0 amide bonds. The first kappa shape index (κ1) is 13.5. The Morgan fingerprint density at radius 3 is 2.71 bits per heavy atom. The molecule has 1 heterocycles. The summed E-state index contributed by atoms with van der Waals surface area (Å²) in [5.41, 5.74) is 0.750. The molecule has 1 aromatic carbocycles. The maximum atomic E-state index is 13.4. The van der Waals surface area contributed by atoms with Crippen LogP contribution < -0.4 is 0 Å². The Kier molecular flexibility index (Phi) is 4.29. The smallest absolute Gasteiger partial charge is 0.142 e. The van der Waals surface area contributed by atoms with Crippen LogP contribution in [0.25, 0.3) is 0 Å². The Morgan fingerprint density at radius 1 is 1.41 bits per heavy atom. The quantitative estimate of drug-likeness (QED) is 0.537. The van der Waals surface area contributed by atoms with Gasteiger partial charge < -0.3 is 0 Å². The van der Waals surface area contributed by atoms with Gasteiger partial charge in [0.1, 0.15) is 5.82 Å². The van der Waals surface area contributed by atoms with Crippen molar-refractivity contribution >= 4 is 54.8 Å². The molecule has 0 bridgehead atoms. The number of hydrogen-bond acceptors (Lipinski definition) is 1. The van der Waals surface area contributed by atoms with Gasteiger partial charge in [-0.1, -0.05) is 39.7 Å². The van der Waals surface area contributed by atoms with Crippen LogP contribution in [0.4, 0.5) is 4.39 Å². The SMILES string of the molecule is Cc1sc(C(Br)c2cccc(F)c2Cl)cc1Br. The Labute approximate surface area is 125 Å². The minimum absolute atomic E-state index is 0.0827. The van der Waals surface area contributed by atoms with Crippen LogP contribution in [0, 0.1) is 12.7 Å². The zero-order valence-corrected chi connectivity index (χ0v) is 13.6. The molecule has 1 aromatic heterocycles. The van der Waals surface area contributed by atoms with Gasteiger partial charge in [0.2, 0.25) is 0 Å². The number of halogens is 4. The van der Waals surface area contributed by atoms with E-state index in [1.54, 1.807) is 17.4 Å². The third kappa shape index (κ3) is 2.75. The second kappa shape index (κ2) is 5.39. The Morgan fingerprint density at radius 2 is 2.12 bits per heavy atom. The van der Waals surface area contributed by atoms with Gasteiger partial charge >= 0.3 is 0 Å². The summed E-state index contributed by atoms with van der Waals surface area (Å²) in [4.78, 5) is 2.21. The molecular weight excluding hydrogens is 390 g/mol. The van der Waals surface area contributed by atoms with Crippen molar-refractivity contribution in [2.24, 2.45) is 0 Å². The standard InChI is InChI=1S/C12H8Br2ClFS/c1-6-8(13)5-10(17-6)11(14)7-3-2-4-9(16)12(7)15/h2-5,11H,1H3. The van der Waals surface area contributed by atoms with E-state index < -0.39 is 0 Å². The zero-order valence-electron chi connectivity index (χ0n) is 8.81. The number of alkyl halides is 1. The van der Waals surface area contributed by atoms with E-state index in [1.165, 1.54) is 10.9 Å². The van der Waals surface area contributed by atoms with Crippen molar-refractivity contribution in [3.63, 3.8) is 0 Å². The molecule has 0 fully saturated rings. The molecule has 0 saturated carbocycles. The van der Waals surface area contributed by atoms with Crippen LogP contribution in [0.1, 0.15) is 20.1 Å². The third-order valence-corrected chi connectivity index (χ3v) is 6.27. The number of hydrogen-bond donors (Lipinski definition) is 0. The van der Waals surface area contributed by atoms with E-state index in [1.807, 2.05) is 19.1 Å². The predicted molar refractivity (Wildman–Crippen MR) is 78.9 cm³/mol. The maximum absolute atomic E-state index is 13.4. The highest BCUT2D eigenvalue weighted by Crippen LogP contribution is 2.41. The number of thiophene rings is 1. The average Bonchev–Trinajstić information content (AvgIpc) is 2.62. The van der Waals surface area contributed by atoms with Gasteiger partial charge in [0.15, 0.2) is 0 Å². The lowest BCUT2D eigenvalue weighted by Gasteiger charge is -2.10. The Hall–Kier alpha value is 0.1000. The normalized spacial score (nSPS) is 12.8. The topological polar surface area (TPSA) is 0 Å². The third-order valence-electron chi connectivity index (χ3n) is 2.38. The van der Waals surface area contributed by atoms with Gasteiger partial charge in [-0.3, -0.25) is 0 Å². The lowest BCUT2D eigenvalue weighted by Crippen LogP contribution is -1.92. The molecule has 2 rings (SSSR count). The summed E-state index contributed by atoms with van der Waals surface area (Å²) in [7, 11) is 0. The summed E-state index contributed by atoms with van der Waals surface area (Å²) in [5.74, 6) is -0.388. The fourth-order valence-electron chi connectivity index (χ4n) is 1.48. The minimum atomic E-state index is -0.388. The predicted octanol–water partition coefficient (Wildman–Crippen LogP) is 6.10. The van der Waals surface area contributed by atoms with Crippen LogP contribution in [0.15, 0.2) is 28.7 Å². The highest BCUT2D eigenvalue weighted by atomic mass is 79.9. The molecular formula is C12H8Br2ClFS. The van der Waals surface area contributed by atoms with E-state index in [4.69, 9.17) is 11.6 Å². The van der Waals surface area contributed by atoms with Gasteiger partial charge in [-0.05, 0) is 40.5 Å². The minimum Gasteiger partial charge on any atom is -0.205 e. The van der Waals surface area contributed by atoms with Gasteiger partial charge in [0, 0.05) is 14.2 Å². The van der Waals surface area contributed by atoms with Crippen molar-refractivity contribution in [2.45, 2.75) is 11.8 Å². The van der Waals surface area contributed by atoms with Crippen LogP contribution in [-0.2, 0) is 0 Å². The molecule has 5 heteroatoms. The first-order valence-corrected chi connectivity index (χ1v) is 7.75. The largest absolute Gasteiger partial charge is 0.205 e. The van der Waals surface area contributed by atoms with E-state index in [0.717, 1.165) is 14.9 Å². The van der Waals surface area contributed by atoms with Crippen LogP contribution in [-0.4, -0.2) is 0 Å². The second-order valence-corrected chi connectivity index (χ2v) is 6.99. The molecule has 0 aliphatic carbocycles. The molecule has 1 atom stereocenters. The van der Waals surface area contributed by atoms with Gasteiger partial charge in [-0.2, -0.15) is 0 Å². The van der Waals surface area contributed by atoms with Crippen LogP contribution in [0.2, 0.25) is 5.02 Å². The Balaban J connectivity index is 2.43. The van der Waals surface area contributed by atoms with Crippen molar-refractivity contribution in [2.75, 3.05) is 0 Å². The van der Waals surface area contributed by atoms with E-state index >= 15 is 0 Å². The molecule has 1 unspecified atom stereocenters. The summed E-state index contributed by atoms with van der Waals surface area (Å²) in [6, 6.07) is 6.88. The highest BCUT2D eigenvalue weighted by Gasteiger charge is 2.18. The summed E-state index contributed by atoms with van der Waals surface area (Å²) < 4.78 is 14.4. The molecule has 17 heavy (non-hydrogen) atoms. The van der Waals surface area contributed by atoms with Crippen molar-refractivity contribution in [1.29, 1.82) is 0 Å². The average molecular weight is 399 g/mol. The first-order chi connectivity index (χ1) is 8.00. The van der Waals surface area contributed by atoms with Crippen molar-refractivity contribution in [3.05, 3.63) is 54.9 Å². The molecule has 0 radical (unpaired) electrons. The molecule has 0 aliphatic heterocycles. The maximum Gasteiger partial charge on any atom is 0.142 e. The van der Waals surface area contributed by atoms with Gasteiger partial charge in [-0.15, -0.1) is 11.3 Å². The van der Waals surface area contributed by atoms with Crippen molar-refractivity contribution in [3.8, 4) is 0 Å². The Bertz CT molecular complexity index is 534. The molecule has 0 N–H and O–H groups in total. The van der Waals surface area contributed by atoms with E-state index in [0.29, 0.717) is 0 Å². The highest BCUT2D eigenvalue weighted by molar-refractivity contribution is 9.10. The van der Waals surface area contributed by atoms with Gasteiger partial charge in [0.25, 0.3) is 0 Å². The summed E-state index contributed by atoms with van der Waals surface area (Å²) >= 11 is 14.7. The van der Waals surface area contributed by atoms with Crippen LogP contribution in [0.3, 0.4) is 0 Å². The molecule has 2 aromatic rings. The fraction of sp³-hybridized carbons (Fsp3) is 0.167. The first-order valence-electron chi connectivity index (χ1n) is 4.84. The van der Waals surface area contributed by atoms with E-state index in [-0.39, 0.29) is 15.7 Å². The zero-order chi connectivity index (χ0) is 12.6. The summed E-state index contributed by atoms with van der Waals surface area (Å²) in [5, 5.41) is 0.177. The van der Waals surface area contributed by atoms with Crippen molar-refractivity contribution < 1.29 is 4.39 Å². The number of benzene rings is 1. The second-order valence-electron chi connectivity index (χ2n) is 3.56. The van der Waals surface area contributed by atoms with Gasteiger partial charge in [-0.25, -0.2) is 4.39 Å². The molecule has 90 valence electrons. The van der Waals surface area contributed by atoms with Crippen molar-refractivity contribution in [1.82, 2.24) is 0 Å². The number of rotatable bonds is 2. The molecule has 0 spiro atoms. The van der Waals surface area contributed by atoms with E-state index in [2.05, 4.69) is 31.9 Å². The summed E-state index contributed by atoms with van der Waals surface area (Å²) in [6.45, 7) is 2.03. The van der Waals surface area contributed by atoms with Gasteiger partial charge in [0.05, 0.1) is 9.85 Å². The number of aryl methyl sites for hydroxylation is 1. The fourth-order valence-corrected chi connectivity index (χ4v) is 4.20. The summed E-state index contributed by atoms with van der Waals surface area (Å²) in [6.07, 6.45) is 0.